The fraction of sp³-hybridized carbons (Fsp3) is 0.320. The minimum absolute atomic E-state index is 0.0494. The zero-order valence-corrected chi connectivity index (χ0v) is 21.6. The molecular weight excluding hydrogens is 515 g/mol. The number of hydrogen-bond donors (Lipinski definition) is 3. The van der Waals surface area contributed by atoms with E-state index in [9.17, 15) is 22.5 Å². The Bertz CT molecular complexity index is 1580. The highest BCUT2D eigenvalue weighted by atomic mass is 32.2. The number of nitrogens with one attached hydrogen (secondary N) is 3. The maximum Gasteiger partial charge on any atom is 0.297 e. The second-order valence-electron chi connectivity index (χ2n) is 9.33. The first-order valence-corrected chi connectivity index (χ1v) is 13.5. The van der Waals surface area contributed by atoms with Gasteiger partial charge in [-0.2, -0.15) is 18.6 Å². The Kier molecular flexibility index (Phi) is 6.80. The summed E-state index contributed by atoms with van der Waals surface area (Å²) in [6, 6.07) is 7.19. The van der Waals surface area contributed by atoms with Gasteiger partial charge in [0.1, 0.15) is 12.5 Å². The quantitative estimate of drug-likeness (QED) is 0.291. The van der Waals surface area contributed by atoms with Crippen LogP contribution in [0.2, 0.25) is 0 Å². The molecule has 0 spiro atoms. The minimum atomic E-state index is -3.97. The van der Waals surface area contributed by atoms with Crippen LogP contribution in [0.25, 0.3) is 6.08 Å². The van der Waals surface area contributed by atoms with Gasteiger partial charge < -0.3 is 15.6 Å². The Morgan fingerprint density at radius 1 is 1.29 bits per heavy atom. The van der Waals surface area contributed by atoms with Crippen molar-refractivity contribution < 1.29 is 21.9 Å². The number of carbonyl (C=O) groups excluding carboxylic acids is 1. The van der Waals surface area contributed by atoms with E-state index in [1.54, 1.807) is 32.0 Å². The number of aromatic amines is 1. The van der Waals surface area contributed by atoms with Gasteiger partial charge in [0.25, 0.3) is 21.6 Å². The number of benzene rings is 1. The van der Waals surface area contributed by atoms with E-state index in [2.05, 4.69) is 20.7 Å². The van der Waals surface area contributed by atoms with Gasteiger partial charge in [-0.3, -0.25) is 13.8 Å². The predicted octanol–water partition coefficient (Wildman–Crippen LogP) is 3.20. The third kappa shape index (κ3) is 5.07. The van der Waals surface area contributed by atoms with E-state index < -0.39 is 22.1 Å². The molecule has 1 atom stereocenters. The highest BCUT2D eigenvalue weighted by Gasteiger charge is 2.28. The Morgan fingerprint density at radius 2 is 2.08 bits per heavy atom. The average Bonchev–Trinajstić information content (AvgIpc) is 3.26. The maximum atomic E-state index is 14.8. The number of fused-ring (bicyclic) bond motifs is 1. The van der Waals surface area contributed by atoms with Gasteiger partial charge in [-0.05, 0) is 56.9 Å². The molecular formula is C25H27FN6O5S. The zero-order chi connectivity index (χ0) is 27.0. The van der Waals surface area contributed by atoms with Crippen molar-refractivity contribution in [1.29, 1.82) is 0 Å². The maximum absolute atomic E-state index is 14.8. The van der Waals surface area contributed by atoms with Gasteiger partial charge in [-0.15, -0.1) is 0 Å². The van der Waals surface area contributed by atoms with Crippen molar-refractivity contribution in [2.75, 3.05) is 5.32 Å². The Balaban J connectivity index is 1.37. The van der Waals surface area contributed by atoms with Gasteiger partial charge in [0, 0.05) is 23.5 Å². The highest BCUT2D eigenvalue weighted by Crippen LogP contribution is 2.29. The molecule has 5 rings (SSSR count). The summed E-state index contributed by atoms with van der Waals surface area (Å²) in [5.41, 5.74) is 1.60. The summed E-state index contributed by atoms with van der Waals surface area (Å²) >= 11 is 0. The van der Waals surface area contributed by atoms with Crippen LogP contribution < -0.4 is 16.2 Å². The van der Waals surface area contributed by atoms with E-state index in [-0.39, 0.29) is 34.6 Å². The summed E-state index contributed by atoms with van der Waals surface area (Å²) in [6.45, 7) is 3.18. The summed E-state index contributed by atoms with van der Waals surface area (Å²) in [7, 11) is -3.97. The number of halogens is 1. The van der Waals surface area contributed by atoms with E-state index in [1.165, 1.54) is 35.3 Å². The smallest absolute Gasteiger partial charge is 0.297 e. The fourth-order valence-electron chi connectivity index (χ4n) is 4.20. The zero-order valence-electron chi connectivity index (χ0n) is 20.8. The second kappa shape index (κ2) is 10.1. The number of amides is 1. The van der Waals surface area contributed by atoms with E-state index >= 15 is 0 Å². The van der Waals surface area contributed by atoms with E-state index in [0.29, 0.717) is 40.5 Å². The molecule has 11 nitrogen and oxygen atoms in total. The van der Waals surface area contributed by atoms with Crippen LogP contribution in [0.1, 0.15) is 59.4 Å². The molecule has 0 saturated heterocycles. The standard InChI is InChI=1S/C25H27FN6O5S/c1-15-8-9-18(38(35,36)37-17-5-3-6-17)11-21(15)30-25(34)20-13-28-32-14-31(26)23(12-22(20)32)29-16(2)19-7-4-10-27-24(19)33/h4,7-13,16-17,29H,3,5-6,14H2,1-2H3,(H,27,33)(H,30,34)/t16-/m1/s1. The lowest BCUT2D eigenvalue weighted by Gasteiger charge is -2.26. The fourth-order valence-corrected chi connectivity index (χ4v) is 5.36. The van der Waals surface area contributed by atoms with Crippen LogP contribution in [-0.4, -0.2) is 40.3 Å². The van der Waals surface area contributed by atoms with Crippen molar-refractivity contribution in [2.24, 2.45) is 0 Å². The van der Waals surface area contributed by atoms with Crippen molar-refractivity contribution in [3.63, 3.8) is 0 Å². The SMILES string of the molecule is Cc1ccc(S(=O)(=O)OC2CCC2)cc1NC(=O)c1cnn2c1C=C(N[C@H](C)c1ccc[nH]c1=O)N(F)C2. The Hall–Kier alpha value is -3.97. The first kappa shape index (κ1) is 25.7. The largest absolute Gasteiger partial charge is 0.363 e. The molecule has 2 aromatic heterocycles. The summed E-state index contributed by atoms with van der Waals surface area (Å²) in [4.78, 5) is 27.9. The number of hydrogen-bond acceptors (Lipinski definition) is 8. The van der Waals surface area contributed by atoms with Crippen LogP contribution in [0, 0.1) is 6.92 Å². The summed E-state index contributed by atoms with van der Waals surface area (Å²) < 4.78 is 46.7. The molecule has 13 heteroatoms. The van der Waals surface area contributed by atoms with Crippen molar-refractivity contribution in [3.05, 3.63) is 81.3 Å². The molecule has 3 aromatic rings. The lowest BCUT2D eigenvalue weighted by molar-refractivity contribution is 0.0153. The molecule has 1 aliphatic heterocycles. The molecule has 0 unspecified atom stereocenters. The minimum Gasteiger partial charge on any atom is -0.363 e. The second-order valence-corrected chi connectivity index (χ2v) is 10.9. The van der Waals surface area contributed by atoms with Gasteiger partial charge in [0.2, 0.25) is 0 Å². The number of pyridine rings is 1. The average molecular weight is 543 g/mol. The molecule has 1 fully saturated rings. The molecule has 0 radical (unpaired) electrons. The summed E-state index contributed by atoms with van der Waals surface area (Å²) in [6.07, 6.45) is 6.27. The molecule has 0 bridgehead atoms. The van der Waals surface area contributed by atoms with Crippen LogP contribution in [0.15, 0.2) is 58.2 Å². The number of rotatable bonds is 8. The number of carbonyl (C=O) groups is 1. The summed E-state index contributed by atoms with van der Waals surface area (Å²) in [5, 5.41) is 10.3. The normalized spacial score (nSPS) is 16.3. The van der Waals surface area contributed by atoms with Gasteiger partial charge in [-0.25, -0.2) is 4.68 Å². The number of nitrogens with zero attached hydrogens (tertiary/aromatic N) is 3. The third-order valence-electron chi connectivity index (χ3n) is 6.66. The van der Waals surface area contributed by atoms with Gasteiger partial charge in [-0.1, -0.05) is 16.6 Å². The van der Waals surface area contributed by atoms with Crippen LogP contribution >= 0.6 is 0 Å². The number of aromatic nitrogens is 3. The molecule has 1 amide bonds. The van der Waals surface area contributed by atoms with Gasteiger partial charge >= 0.3 is 0 Å². The topological polar surface area (TPSA) is 138 Å². The molecule has 2 aliphatic rings. The lowest BCUT2D eigenvalue weighted by atomic mass is 9.97. The first-order valence-electron chi connectivity index (χ1n) is 12.1. The van der Waals surface area contributed by atoms with Crippen molar-refractivity contribution in [2.45, 2.75) is 56.8 Å². The molecule has 1 aromatic carbocycles. The monoisotopic (exact) mass is 542 g/mol. The Labute approximate surface area is 218 Å². The van der Waals surface area contributed by atoms with Gasteiger partial charge in [0.15, 0.2) is 0 Å². The number of anilines is 1. The van der Waals surface area contributed by atoms with Gasteiger partial charge in [0.05, 0.1) is 34.5 Å². The summed E-state index contributed by atoms with van der Waals surface area (Å²) in [5.74, 6) is -0.487. The van der Waals surface area contributed by atoms with E-state index in [0.717, 1.165) is 6.42 Å². The molecule has 200 valence electrons. The van der Waals surface area contributed by atoms with Crippen LogP contribution in [0.3, 0.4) is 0 Å². The highest BCUT2D eigenvalue weighted by molar-refractivity contribution is 7.86. The van der Waals surface area contributed by atoms with Crippen molar-refractivity contribution in [3.8, 4) is 0 Å². The molecule has 3 heterocycles. The first-order chi connectivity index (χ1) is 18.1. The molecule has 1 saturated carbocycles. The number of aryl methyl sites for hydroxylation is 1. The molecule has 3 N–H and O–H groups in total. The van der Waals surface area contributed by atoms with Crippen LogP contribution in [-0.2, 0) is 21.0 Å². The molecule has 38 heavy (non-hydrogen) atoms. The Morgan fingerprint density at radius 3 is 2.79 bits per heavy atom. The lowest BCUT2D eigenvalue weighted by Crippen LogP contribution is -2.34. The van der Waals surface area contributed by atoms with Crippen LogP contribution in [0.5, 0.6) is 0 Å². The van der Waals surface area contributed by atoms with Crippen molar-refractivity contribution in [1.82, 2.24) is 25.2 Å². The van der Waals surface area contributed by atoms with Crippen LogP contribution in [0.4, 0.5) is 10.2 Å². The molecule has 1 aliphatic carbocycles. The number of H-pyrrole nitrogens is 1. The predicted molar refractivity (Wildman–Crippen MR) is 137 cm³/mol. The van der Waals surface area contributed by atoms with E-state index in [1.807, 2.05) is 0 Å². The van der Waals surface area contributed by atoms with E-state index in [4.69, 9.17) is 4.18 Å². The third-order valence-corrected chi connectivity index (χ3v) is 8.02. The van der Waals surface area contributed by atoms with Crippen molar-refractivity contribution >= 4 is 27.8 Å².